The SMILES string of the molecule is CC(CO)c1cc(I)cc([N+](=O)[O-])c1. The average Bonchev–Trinajstić information content (AvgIpc) is 2.15. The van der Waals surface area contributed by atoms with E-state index in [4.69, 9.17) is 5.11 Å². The number of rotatable bonds is 3. The number of hydrogen-bond acceptors (Lipinski definition) is 3. The Labute approximate surface area is 95.2 Å². The molecule has 0 radical (unpaired) electrons. The largest absolute Gasteiger partial charge is 0.396 e. The number of nitro benzene ring substituents is 1. The van der Waals surface area contributed by atoms with E-state index in [0.717, 1.165) is 9.13 Å². The Morgan fingerprint density at radius 3 is 2.71 bits per heavy atom. The van der Waals surface area contributed by atoms with Gasteiger partial charge in [0.1, 0.15) is 0 Å². The lowest BCUT2D eigenvalue weighted by Crippen LogP contribution is -2.00. The topological polar surface area (TPSA) is 63.4 Å². The summed E-state index contributed by atoms with van der Waals surface area (Å²) in [5.41, 5.74) is 0.873. The molecular weight excluding hydrogens is 297 g/mol. The quantitative estimate of drug-likeness (QED) is 0.529. The van der Waals surface area contributed by atoms with Crippen molar-refractivity contribution in [3.05, 3.63) is 37.4 Å². The molecule has 0 amide bonds. The summed E-state index contributed by atoms with van der Waals surface area (Å²) in [4.78, 5) is 10.1. The van der Waals surface area contributed by atoms with Crippen molar-refractivity contribution < 1.29 is 10.0 Å². The van der Waals surface area contributed by atoms with Crippen LogP contribution in [0.4, 0.5) is 5.69 Å². The Hall–Kier alpha value is -0.690. The molecule has 1 unspecified atom stereocenters. The van der Waals surface area contributed by atoms with Gasteiger partial charge in [0.15, 0.2) is 0 Å². The van der Waals surface area contributed by atoms with E-state index >= 15 is 0 Å². The monoisotopic (exact) mass is 307 g/mol. The van der Waals surface area contributed by atoms with Crippen molar-refractivity contribution >= 4 is 28.3 Å². The predicted molar refractivity (Wildman–Crippen MR) is 61.3 cm³/mol. The van der Waals surface area contributed by atoms with Crippen LogP contribution >= 0.6 is 22.6 Å². The van der Waals surface area contributed by atoms with Crippen LogP contribution in [0.5, 0.6) is 0 Å². The lowest BCUT2D eigenvalue weighted by molar-refractivity contribution is -0.385. The lowest BCUT2D eigenvalue weighted by Gasteiger charge is -2.08. The molecule has 0 saturated carbocycles. The Balaban J connectivity index is 3.13. The van der Waals surface area contributed by atoms with Crippen molar-refractivity contribution in [1.82, 2.24) is 0 Å². The van der Waals surface area contributed by atoms with Gasteiger partial charge in [0.2, 0.25) is 0 Å². The van der Waals surface area contributed by atoms with Gasteiger partial charge in [0.05, 0.1) is 4.92 Å². The van der Waals surface area contributed by atoms with E-state index in [0.29, 0.717) is 0 Å². The molecule has 5 heteroatoms. The molecule has 1 atom stereocenters. The van der Waals surface area contributed by atoms with Crippen molar-refractivity contribution in [1.29, 1.82) is 0 Å². The lowest BCUT2D eigenvalue weighted by atomic mass is 10.0. The van der Waals surface area contributed by atoms with E-state index in [-0.39, 0.29) is 18.2 Å². The van der Waals surface area contributed by atoms with Gasteiger partial charge in [-0.25, -0.2) is 0 Å². The molecule has 14 heavy (non-hydrogen) atoms. The van der Waals surface area contributed by atoms with Gasteiger partial charge in [0.25, 0.3) is 5.69 Å². The van der Waals surface area contributed by atoms with Gasteiger partial charge in [-0.05, 0) is 34.2 Å². The van der Waals surface area contributed by atoms with E-state index in [1.165, 1.54) is 12.1 Å². The van der Waals surface area contributed by atoms with Crippen LogP contribution in [0.1, 0.15) is 18.4 Å². The first kappa shape index (κ1) is 11.4. The number of nitro groups is 1. The van der Waals surface area contributed by atoms with Gasteiger partial charge in [-0.2, -0.15) is 0 Å². The molecule has 0 aliphatic rings. The fourth-order valence-electron chi connectivity index (χ4n) is 1.09. The third-order valence-corrected chi connectivity index (χ3v) is 2.58. The van der Waals surface area contributed by atoms with E-state index in [1.54, 1.807) is 0 Å². The number of halogens is 1. The summed E-state index contributed by atoms with van der Waals surface area (Å²) in [7, 11) is 0. The standard InChI is InChI=1S/C9H10INO3/c1-6(5-12)7-2-8(10)4-9(3-7)11(13)14/h2-4,6,12H,5H2,1H3. The van der Waals surface area contributed by atoms with Crippen LogP contribution in [0, 0.1) is 13.7 Å². The van der Waals surface area contributed by atoms with Crippen molar-refractivity contribution in [3.63, 3.8) is 0 Å². The van der Waals surface area contributed by atoms with Gasteiger partial charge < -0.3 is 5.11 Å². The smallest absolute Gasteiger partial charge is 0.270 e. The molecule has 0 aliphatic heterocycles. The molecule has 1 aromatic carbocycles. The first-order chi connectivity index (χ1) is 6.54. The molecule has 1 rings (SSSR count). The number of aliphatic hydroxyl groups is 1. The summed E-state index contributed by atoms with van der Waals surface area (Å²) in [6, 6.07) is 4.85. The highest BCUT2D eigenvalue weighted by Crippen LogP contribution is 2.23. The normalized spacial score (nSPS) is 12.5. The molecule has 0 spiro atoms. The summed E-state index contributed by atoms with van der Waals surface area (Å²) in [6.07, 6.45) is 0. The zero-order valence-corrected chi connectivity index (χ0v) is 9.76. The first-order valence-electron chi connectivity index (χ1n) is 4.10. The second-order valence-corrected chi connectivity index (χ2v) is 4.33. The highest BCUT2D eigenvalue weighted by molar-refractivity contribution is 14.1. The van der Waals surface area contributed by atoms with Crippen LogP contribution in [0.3, 0.4) is 0 Å². The minimum Gasteiger partial charge on any atom is -0.396 e. The minimum absolute atomic E-state index is 0.00273. The maximum atomic E-state index is 10.6. The highest BCUT2D eigenvalue weighted by atomic mass is 127. The van der Waals surface area contributed by atoms with Crippen LogP contribution in [0.2, 0.25) is 0 Å². The molecular formula is C9H10INO3. The Kier molecular flexibility index (Phi) is 3.82. The molecule has 0 aliphatic carbocycles. The maximum absolute atomic E-state index is 10.6. The second kappa shape index (κ2) is 4.70. The second-order valence-electron chi connectivity index (χ2n) is 3.08. The molecule has 1 N–H and O–H groups in total. The van der Waals surface area contributed by atoms with Gasteiger partial charge >= 0.3 is 0 Å². The summed E-state index contributed by atoms with van der Waals surface area (Å²) in [6.45, 7) is 1.83. The molecule has 0 aromatic heterocycles. The zero-order chi connectivity index (χ0) is 10.7. The van der Waals surface area contributed by atoms with E-state index in [2.05, 4.69) is 0 Å². The number of nitrogens with zero attached hydrogens (tertiary/aromatic N) is 1. The Morgan fingerprint density at radius 2 is 2.21 bits per heavy atom. The minimum atomic E-state index is -0.421. The predicted octanol–water partition coefficient (Wildman–Crippen LogP) is 2.30. The number of aliphatic hydroxyl groups excluding tert-OH is 1. The van der Waals surface area contributed by atoms with E-state index in [1.807, 2.05) is 35.6 Å². The summed E-state index contributed by atoms with van der Waals surface area (Å²) in [5, 5.41) is 19.5. The summed E-state index contributed by atoms with van der Waals surface area (Å²) >= 11 is 2.03. The van der Waals surface area contributed by atoms with E-state index < -0.39 is 4.92 Å². The third-order valence-electron chi connectivity index (χ3n) is 1.96. The summed E-state index contributed by atoms with van der Waals surface area (Å²) in [5.74, 6) is -0.0663. The van der Waals surface area contributed by atoms with Gasteiger partial charge in [0, 0.05) is 28.2 Å². The van der Waals surface area contributed by atoms with Crippen molar-refractivity contribution in [2.24, 2.45) is 0 Å². The molecule has 0 heterocycles. The summed E-state index contributed by atoms with van der Waals surface area (Å²) < 4.78 is 0.812. The van der Waals surface area contributed by atoms with Crippen LogP contribution in [-0.2, 0) is 0 Å². The molecule has 1 aromatic rings. The highest BCUT2D eigenvalue weighted by Gasteiger charge is 2.12. The molecule has 4 nitrogen and oxygen atoms in total. The van der Waals surface area contributed by atoms with Crippen molar-refractivity contribution in [2.75, 3.05) is 6.61 Å². The Morgan fingerprint density at radius 1 is 1.57 bits per heavy atom. The molecule has 0 saturated heterocycles. The maximum Gasteiger partial charge on any atom is 0.270 e. The van der Waals surface area contributed by atoms with Crippen LogP contribution in [0.15, 0.2) is 18.2 Å². The van der Waals surface area contributed by atoms with Gasteiger partial charge in [-0.1, -0.05) is 6.92 Å². The molecule has 0 fully saturated rings. The number of non-ortho nitro benzene ring substituents is 1. The molecule has 0 bridgehead atoms. The number of benzene rings is 1. The van der Waals surface area contributed by atoms with Crippen LogP contribution in [0.25, 0.3) is 0 Å². The van der Waals surface area contributed by atoms with E-state index in [9.17, 15) is 10.1 Å². The fourth-order valence-corrected chi connectivity index (χ4v) is 1.77. The number of hydrogen-bond donors (Lipinski definition) is 1. The zero-order valence-electron chi connectivity index (χ0n) is 7.61. The van der Waals surface area contributed by atoms with Gasteiger partial charge in [-0.15, -0.1) is 0 Å². The molecule has 76 valence electrons. The van der Waals surface area contributed by atoms with Crippen molar-refractivity contribution in [2.45, 2.75) is 12.8 Å². The fraction of sp³-hybridized carbons (Fsp3) is 0.333. The third kappa shape index (κ3) is 2.65. The van der Waals surface area contributed by atoms with Crippen molar-refractivity contribution in [3.8, 4) is 0 Å². The van der Waals surface area contributed by atoms with Crippen LogP contribution in [-0.4, -0.2) is 16.6 Å². The Bertz CT molecular complexity index is 354. The average molecular weight is 307 g/mol. The van der Waals surface area contributed by atoms with Crippen LogP contribution < -0.4 is 0 Å². The van der Waals surface area contributed by atoms with Gasteiger partial charge in [-0.3, -0.25) is 10.1 Å². The first-order valence-corrected chi connectivity index (χ1v) is 5.18.